The quantitative estimate of drug-likeness (QED) is 0.166. The van der Waals surface area contributed by atoms with Crippen LogP contribution >= 0.6 is 15.9 Å². The molecule has 1 aliphatic carbocycles. The summed E-state index contributed by atoms with van der Waals surface area (Å²) < 4.78 is 30.5. The Morgan fingerprint density at radius 2 is 1.49 bits per heavy atom. The molecule has 246 valence electrons. The Labute approximate surface area is 287 Å². The molecule has 9 heteroatoms. The van der Waals surface area contributed by atoms with E-state index in [0.29, 0.717) is 5.69 Å². The maximum absolute atomic E-state index is 14.7. The number of aryl methyl sites for hydroxylation is 2. The summed E-state index contributed by atoms with van der Waals surface area (Å²) in [4.78, 5) is 30.6. The van der Waals surface area contributed by atoms with Gasteiger partial charge in [0.05, 0.1) is 10.6 Å². The lowest BCUT2D eigenvalue weighted by Crippen LogP contribution is -2.55. The predicted molar refractivity (Wildman–Crippen MR) is 191 cm³/mol. The van der Waals surface area contributed by atoms with E-state index < -0.39 is 28.5 Å². The molecule has 1 atom stereocenters. The molecule has 0 aliphatic heterocycles. The number of carbonyl (C=O) groups is 2. The maximum atomic E-state index is 14.7. The summed E-state index contributed by atoms with van der Waals surface area (Å²) in [5.74, 6) is -0.697. The number of rotatable bonds is 12. The van der Waals surface area contributed by atoms with Gasteiger partial charge in [-0.15, -0.1) is 0 Å². The van der Waals surface area contributed by atoms with E-state index >= 15 is 0 Å². The van der Waals surface area contributed by atoms with Crippen LogP contribution in [0.1, 0.15) is 54.4 Å². The third kappa shape index (κ3) is 8.90. The third-order valence-corrected chi connectivity index (χ3v) is 11.0. The van der Waals surface area contributed by atoms with Crippen molar-refractivity contribution in [3.8, 4) is 0 Å². The molecule has 5 rings (SSSR count). The highest BCUT2D eigenvalue weighted by atomic mass is 79.9. The number of amides is 2. The molecule has 0 spiro atoms. The van der Waals surface area contributed by atoms with Gasteiger partial charge in [-0.3, -0.25) is 13.9 Å². The minimum Gasteiger partial charge on any atom is -0.352 e. The highest BCUT2D eigenvalue weighted by Crippen LogP contribution is 2.29. The number of nitrogens with zero attached hydrogens (tertiary/aromatic N) is 2. The number of halogens is 1. The fourth-order valence-electron chi connectivity index (χ4n) is 6.25. The largest absolute Gasteiger partial charge is 0.352 e. The molecule has 0 radical (unpaired) electrons. The van der Waals surface area contributed by atoms with E-state index in [1.807, 2.05) is 80.6 Å². The van der Waals surface area contributed by atoms with Gasteiger partial charge in [-0.1, -0.05) is 114 Å². The maximum Gasteiger partial charge on any atom is 0.264 e. The number of hydrogen-bond acceptors (Lipinski definition) is 4. The predicted octanol–water partition coefficient (Wildman–Crippen LogP) is 7.35. The van der Waals surface area contributed by atoms with Gasteiger partial charge in [0.25, 0.3) is 10.0 Å². The lowest BCUT2D eigenvalue weighted by molar-refractivity contribution is -0.140. The summed E-state index contributed by atoms with van der Waals surface area (Å²) in [6, 6.07) is 30.1. The van der Waals surface area contributed by atoms with Crippen LogP contribution in [0, 0.1) is 13.8 Å². The molecular weight excluding hydrogens is 674 g/mol. The van der Waals surface area contributed by atoms with Crippen molar-refractivity contribution in [3.05, 3.63) is 130 Å². The molecule has 0 bridgehead atoms. The molecule has 47 heavy (non-hydrogen) atoms. The molecule has 1 N–H and O–H groups in total. The molecule has 4 aromatic carbocycles. The SMILES string of the molecule is Cc1ccc(N(CC(=O)N(Cc2cccc(Br)c2)C(Cc2ccccc2)C(=O)NC2CCCCC2)S(=O)(=O)c2ccccc2)c(C)c1. The van der Waals surface area contributed by atoms with Gasteiger partial charge >= 0.3 is 0 Å². The van der Waals surface area contributed by atoms with Gasteiger partial charge in [0.1, 0.15) is 12.6 Å². The Morgan fingerprint density at radius 1 is 0.830 bits per heavy atom. The normalized spacial score (nSPS) is 14.3. The lowest BCUT2D eigenvalue weighted by Gasteiger charge is -2.35. The van der Waals surface area contributed by atoms with Gasteiger partial charge in [-0.2, -0.15) is 0 Å². The lowest BCUT2D eigenvalue weighted by atomic mass is 9.94. The van der Waals surface area contributed by atoms with E-state index in [2.05, 4.69) is 21.2 Å². The summed E-state index contributed by atoms with van der Waals surface area (Å²) in [5.41, 5.74) is 3.85. The summed E-state index contributed by atoms with van der Waals surface area (Å²) in [6.07, 6.45) is 5.35. The second kappa shape index (κ2) is 15.8. The van der Waals surface area contributed by atoms with Gasteiger partial charge in [0.2, 0.25) is 11.8 Å². The van der Waals surface area contributed by atoms with Crippen molar-refractivity contribution >= 4 is 43.5 Å². The monoisotopic (exact) mass is 715 g/mol. The summed E-state index contributed by atoms with van der Waals surface area (Å²) in [5, 5.41) is 3.25. The molecule has 0 heterocycles. The second-order valence-electron chi connectivity index (χ2n) is 12.3. The van der Waals surface area contributed by atoms with Crippen LogP contribution in [0.4, 0.5) is 5.69 Å². The van der Waals surface area contributed by atoms with Gasteiger partial charge in [-0.25, -0.2) is 8.42 Å². The Bertz CT molecular complexity index is 1780. The van der Waals surface area contributed by atoms with Crippen molar-refractivity contribution in [2.75, 3.05) is 10.8 Å². The molecule has 1 fully saturated rings. The Kier molecular flexibility index (Phi) is 11.5. The number of benzene rings is 4. The third-order valence-electron chi connectivity index (χ3n) is 8.70. The van der Waals surface area contributed by atoms with E-state index in [-0.39, 0.29) is 29.8 Å². The van der Waals surface area contributed by atoms with Crippen molar-refractivity contribution in [1.29, 1.82) is 0 Å². The minimum absolute atomic E-state index is 0.0440. The summed E-state index contributed by atoms with van der Waals surface area (Å²) >= 11 is 3.54. The van der Waals surface area contributed by atoms with Crippen molar-refractivity contribution in [2.24, 2.45) is 0 Å². The van der Waals surface area contributed by atoms with Gasteiger partial charge < -0.3 is 10.2 Å². The Morgan fingerprint density at radius 3 is 2.15 bits per heavy atom. The summed E-state index contributed by atoms with van der Waals surface area (Å²) in [6.45, 7) is 3.43. The molecule has 0 aromatic heterocycles. The van der Waals surface area contributed by atoms with E-state index in [1.165, 1.54) is 16.4 Å². The van der Waals surface area contributed by atoms with Gasteiger partial charge in [-0.05, 0) is 73.7 Å². The van der Waals surface area contributed by atoms with Crippen LogP contribution in [0.25, 0.3) is 0 Å². The van der Waals surface area contributed by atoms with Crippen LogP contribution in [0.5, 0.6) is 0 Å². The topological polar surface area (TPSA) is 86.8 Å². The molecule has 2 amide bonds. The Hall–Kier alpha value is -3.95. The van der Waals surface area contributed by atoms with Gasteiger partial charge in [0.15, 0.2) is 0 Å². The minimum atomic E-state index is -4.15. The van der Waals surface area contributed by atoms with E-state index in [4.69, 9.17) is 0 Å². The summed E-state index contributed by atoms with van der Waals surface area (Å²) in [7, 11) is -4.15. The highest BCUT2D eigenvalue weighted by Gasteiger charge is 2.35. The number of carbonyl (C=O) groups excluding carboxylic acids is 2. The molecule has 1 saturated carbocycles. The van der Waals surface area contributed by atoms with Crippen molar-refractivity contribution in [1.82, 2.24) is 10.2 Å². The zero-order valence-corrected chi connectivity index (χ0v) is 29.3. The van der Waals surface area contributed by atoms with E-state index in [9.17, 15) is 18.0 Å². The zero-order chi connectivity index (χ0) is 33.4. The van der Waals surface area contributed by atoms with Crippen LogP contribution in [-0.4, -0.2) is 43.8 Å². The van der Waals surface area contributed by atoms with Crippen molar-refractivity contribution in [3.63, 3.8) is 0 Å². The zero-order valence-electron chi connectivity index (χ0n) is 26.9. The number of nitrogens with one attached hydrogen (secondary N) is 1. The first-order valence-electron chi connectivity index (χ1n) is 16.1. The standard InChI is InChI=1S/C38H42BrN3O4S/c1-28-21-22-35(29(2)23-28)42(47(45,46)34-19-10-5-11-20-34)27-37(43)41(26-31-15-12-16-32(39)24-31)36(25-30-13-6-3-7-14-30)38(44)40-33-17-8-4-9-18-33/h3,5-7,10-16,19-24,33,36H,4,8-9,17-18,25-27H2,1-2H3,(H,40,44). The molecule has 1 unspecified atom stereocenters. The van der Waals surface area contributed by atoms with Crippen LogP contribution in [0.3, 0.4) is 0 Å². The second-order valence-corrected chi connectivity index (χ2v) is 15.1. The molecular formula is C38H42BrN3O4S. The molecule has 0 saturated heterocycles. The fourth-order valence-corrected chi connectivity index (χ4v) is 8.19. The fraction of sp³-hybridized carbons (Fsp3) is 0.316. The molecule has 4 aromatic rings. The van der Waals surface area contributed by atoms with E-state index in [0.717, 1.165) is 58.8 Å². The van der Waals surface area contributed by atoms with Crippen molar-refractivity contribution in [2.45, 2.75) is 75.9 Å². The van der Waals surface area contributed by atoms with Crippen LogP contribution in [0.2, 0.25) is 0 Å². The highest BCUT2D eigenvalue weighted by molar-refractivity contribution is 9.10. The molecule has 7 nitrogen and oxygen atoms in total. The van der Waals surface area contributed by atoms with E-state index in [1.54, 1.807) is 29.2 Å². The first-order chi connectivity index (χ1) is 22.6. The number of sulfonamides is 1. The average molecular weight is 717 g/mol. The average Bonchev–Trinajstić information content (AvgIpc) is 3.07. The van der Waals surface area contributed by atoms with Crippen molar-refractivity contribution < 1.29 is 18.0 Å². The number of anilines is 1. The van der Waals surface area contributed by atoms with Gasteiger partial charge in [0, 0.05) is 23.5 Å². The first-order valence-corrected chi connectivity index (χ1v) is 18.4. The van der Waals surface area contributed by atoms with Crippen LogP contribution in [0.15, 0.2) is 112 Å². The molecule has 1 aliphatic rings. The van der Waals surface area contributed by atoms with Crippen LogP contribution in [-0.2, 0) is 32.6 Å². The Balaban J connectivity index is 1.58. The smallest absolute Gasteiger partial charge is 0.264 e. The first kappa shape index (κ1) is 34.4. The number of hydrogen-bond donors (Lipinski definition) is 1. The van der Waals surface area contributed by atoms with Crippen LogP contribution < -0.4 is 9.62 Å².